The highest BCUT2D eigenvalue weighted by molar-refractivity contribution is 5.85. The second-order valence-corrected chi connectivity index (χ2v) is 5.33. The first-order valence-electron chi connectivity index (χ1n) is 6.30. The summed E-state index contributed by atoms with van der Waals surface area (Å²) in [5.41, 5.74) is 5.43. The fourth-order valence-electron chi connectivity index (χ4n) is 1.67. The Balaban J connectivity index is 0.00000361. The third-order valence-electron chi connectivity index (χ3n) is 3.65. The highest BCUT2D eigenvalue weighted by atomic mass is 35.5. The Bertz CT molecular complexity index is 421. The Hall–Kier alpha value is -0.780. The average molecular weight is 311 g/mol. The highest BCUT2D eigenvalue weighted by Gasteiger charge is 2.30. The molecule has 0 aliphatic heterocycles. The third-order valence-corrected chi connectivity index (χ3v) is 3.65. The molecule has 1 aromatic rings. The van der Waals surface area contributed by atoms with Gasteiger partial charge in [-0.2, -0.15) is 13.2 Å². The van der Waals surface area contributed by atoms with Crippen molar-refractivity contribution in [2.75, 3.05) is 6.54 Å². The second kappa shape index (κ2) is 7.29. The zero-order chi connectivity index (χ0) is 14.7. The molecule has 1 atom stereocenters. The van der Waals surface area contributed by atoms with Gasteiger partial charge in [-0.3, -0.25) is 0 Å². The predicted octanol–water partition coefficient (Wildman–Crippen LogP) is 3.59. The standard InChI is InChI=1S/C14H21F3N2.ClH/c1-10(2)13(3,9-18)19-8-11-5-4-6-12(7-11)14(15,16)17;/h4-7,10,19H,8-9,18H2,1-3H3;1H. The highest BCUT2D eigenvalue weighted by Crippen LogP contribution is 2.29. The maximum Gasteiger partial charge on any atom is 0.416 e. The van der Waals surface area contributed by atoms with Gasteiger partial charge in [0.2, 0.25) is 0 Å². The zero-order valence-corrected chi connectivity index (χ0v) is 12.7. The zero-order valence-electron chi connectivity index (χ0n) is 11.9. The van der Waals surface area contributed by atoms with Gasteiger partial charge < -0.3 is 11.1 Å². The van der Waals surface area contributed by atoms with E-state index < -0.39 is 11.7 Å². The normalized spacial score (nSPS) is 14.8. The Kier molecular flexibility index (Phi) is 7.01. The van der Waals surface area contributed by atoms with E-state index in [9.17, 15) is 13.2 Å². The van der Waals surface area contributed by atoms with Crippen LogP contribution in [0.4, 0.5) is 13.2 Å². The van der Waals surface area contributed by atoms with Gasteiger partial charge in [-0.05, 0) is 24.5 Å². The lowest BCUT2D eigenvalue weighted by Crippen LogP contribution is -2.52. The van der Waals surface area contributed by atoms with E-state index in [0.717, 1.165) is 6.07 Å². The lowest BCUT2D eigenvalue weighted by Gasteiger charge is -2.34. The maximum atomic E-state index is 12.6. The molecule has 0 aliphatic rings. The number of hydrogen-bond acceptors (Lipinski definition) is 2. The molecule has 0 bridgehead atoms. The van der Waals surface area contributed by atoms with E-state index in [2.05, 4.69) is 5.32 Å². The summed E-state index contributed by atoms with van der Waals surface area (Å²) in [4.78, 5) is 0. The van der Waals surface area contributed by atoms with Crippen molar-refractivity contribution in [1.82, 2.24) is 5.32 Å². The molecule has 0 heterocycles. The van der Waals surface area contributed by atoms with Crippen LogP contribution in [0.3, 0.4) is 0 Å². The van der Waals surface area contributed by atoms with Crippen molar-refractivity contribution in [2.24, 2.45) is 11.7 Å². The van der Waals surface area contributed by atoms with Gasteiger partial charge in [-0.15, -0.1) is 12.4 Å². The minimum Gasteiger partial charge on any atom is -0.329 e. The minimum absolute atomic E-state index is 0. The molecule has 116 valence electrons. The van der Waals surface area contributed by atoms with Gasteiger partial charge in [0, 0.05) is 18.6 Å². The van der Waals surface area contributed by atoms with Crippen LogP contribution < -0.4 is 11.1 Å². The SMILES string of the molecule is CC(C)C(C)(CN)NCc1cccc(C(F)(F)F)c1.Cl. The molecule has 0 aliphatic carbocycles. The predicted molar refractivity (Wildman–Crippen MR) is 77.8 cm³/mol. The van der Waals surface area contributed by atoms with Crippen LogP contribution in [0.5, 0.6) is 0 Å². The number of alkyl halides is 3. The summed E-state index contributed by atoms with van der Waals surface area (Å²) in [5.74, 6) is 0.295. The molecular weight excluding hydrogens is 289 g/mol. The van der Waals surface area contributed by atoms with Gasteiger partial charge in [0.15, 0.2) is 0 Å². The van der Waals surface area contributed by atoms with Crippen molar-refractivity contribution in [3.63, 3.8) is 0 Å². The lowest BCUT2D eigenvalue weighted by molar-refractivity contribution is -0.137. The third kappa shape index (κ3) is 4.96. The van der Waals surface area contributed by atoms with Gasteiger partial charge in [0.25, 0.3) is 0 Å². The number of hydrogen-bond donors (Lipinski definition) is 2. The fourth-order valence-corrected chi connectivity index (χ4v) is 1.67. The number of nitrogens with one attached hydrogen (secondary N) is 1. The van der Waals surface area contributed by atoms with Crippen molar-refractivity contribution in [2.45, 2.75) is 39.0 Å². The van der Waals surface area contributed by atoms with Gasteiger partial charge in [-0.25, -0.2) is 0 Å². The summed E-state index contributed by atoms with van der Waals surface area (Å²) >= 11 is 0. The first-order chi connectivity index (χ1) is 8.69. The summed E-state index contributed by atoms with van der Waals surface area (Å²) in [6, 6.07) is 5.35. The Morgan fingerprint density at radius 1 is 1.25 bits per heavy atom. The van der Waals surface area contributed by atoms with E-state index in [-0.39, 0.29) is 17.9 Å². The van der Waals surface area contributed by atoms with Crippen LogP contribution in [0, 0.1) is 5.92 Å². The molecule has 1 unspecified atom stereocenters. The average Bonchev–Trinajstić information content (AvgIpc) is 2.35. The topological polar surface area (TPSA) is 38.0 Å². The minimum atomic E-state index is -4.30. The molecule has 0 spiro atoms. The van der Waals surface area contributed by atoms with Crippen molar-refractivity contribution < 1.29 is 13.2 Å². The van der Waals surface area contributed by atoms with Crippen LogP contribution in [0.15, 0.2) is 24.3 Å². The van der Waals surface area contributed by atoms with Crippen LogP contribution in [0.1, 0.15) is 31.9 Å². The smallest absolute Gasteiger partial charge is 0.329 e. The molecule has 0 fully saturated rings. The van der Waals surface area contributed by atoms with E-state index in [1.807, 2.05) is 20.8 Å². The van der Waals surface area contributed by atoms with Gasteiger partial charge >= 0.3 is 6.18 Å². The number of rotatable bonds is 5. The molecule has 20 heavy (non-hydrogen) atoms. The van der Waals surface area contributed by atoms with Crippen molar-refractivity contribution in [3.05, 3.63) is 35.4 Å². The quantitative estimate of drug-likeness (QED) is 0.872. The summed E-state index contributed by atoms with van der Waals surface area (Å²) in [7, 11) is 0. The van der Waals surface area contributed by atoms with Crippen molar-refractivity contribution in [3.8, 4) is 0 Å². The Morgan fingerprint density at radius 3 is 2.30 bits per heavy atom. The van der Waals surface area contributed by atoms with E-state index >= 15 is 0 Å². The Morgan fingerprint density at radius 2 is 1.85 bits per heavy atom. The monoisotopic (exact) mass is 310 g/mol. The molecule has 3 N–H and O–H groups in total. The largest absolute Gasteiger partial charge is 0.416 e. The van der Waals surface area contributed by atoms with Gasteiger partial charge in [0.1, 0.15) is 0 Å². The van der Waals surface area contributed by atoms with Crippen LogP contribution in [-0.2, 0) is 12.7 Å². The molecule has 1 rings (SSSR count). The summed E-state index contributed by atoms with van der Waals surface area (Å²) in [6.45, 7) is 6.85. The molecule has 2 nitrogen and oxygen atoms in total. The van der Waals surface area contributed by atoms with Crippen LogP contribution >= 0.6 is 12.4 Å². The molecule has 6 heteroatoms. The summed E-state index contributed by atoms with van der Waals surface area (Å²) in [6.07, 6.45) is -4.30. The maximum absolute atomic E-state index is 12.6. The van der Waals surface area contributed by atoms with Crippen molar-refractivity contribution in [1.29, 1.82) is 0 Å². The van der Waals surface area contributed by atoms with E-state index in [1.165, 1.54) is 12.1 Å². The molecule has 0 aromatic heterocycles. The molecule has 0 saturated heterocycles. The van der Waals surface area contributed by atoms with Gasteiger partial charge in [-0.1, -0.05) is 32.0 Å². The molecule has 0 radical (unpaired) electrons. The number of benzene rings is 1. The second-order valence-electron chi connectivity index (χ2n) is 5.33. The van der Waals surface area contributed by atoms with Crippen LogP contribution in [0.2, 0.25) is 0 Å². The fraction of sp³-hybridized carbons (Fsp3) is 0.571. The van der Waals surface area contributed by atoms with Crippen molar-refractivity contribution >= 4 is 12.4 Å². The Labute approximate surface area is 124 Å². The number of nitrogens with two attached hydrogens (primary N) is 1. The number of halogens is 4. The summed E-state index contributed by atoms with van der Waals surface area (Å²) < 4.78 is 37.8. The molecule has 0 saturated carbocycles. The van der Waals surface area contributed by atoms with E-state index in [0.29, 0.717) is 24.6 Å². The molecular formula is C14H22ClF3N2. The van der Waals surface area contributed by atoms with Crippen LogP contribution in [-0.4, -0.2) is 12.1 Å². The first kappa shape index (κ1) is 19.2. The van der Waals surface area contributed by atoms with E-state index in [4.69, 9.17) is 5.73 Å². The molecule has 0 amide bonds. The van der Waals surface area contributed by atoms with Crippen LogP contribution in [0.25, 0.3) is 0 Å². The van der Waals surface area contributed by atoms with Gasteiger partial charge in [0.05, 0.1) is 5.56 Å². The first-order valence-corrected chi connectivity index (χ1v) is 6.30. The molecule has 1 aromatic carbocycles. The summed E-state index contributed by atoms with van der Waals surface area (Å²) in [5, 5.41) is 3.25. The lowest BCUT2D eigenvalue weighted by atomic mass is 9.88. The van der Waals surface area contributed by atoms with E-state index in [1.54, 1.807) is 6.07 Å².